The van der Waals surface area contributed by atoms with Crippen molar-refractivity contribution in [2.45, 2.75) is 20.3 Å². The number of hydrogen-bond acceptors (Lipinski definition) is 2. The Morgan fingerprint density at radius 2 is 2.24 bits per heavy atom. The van der Waals surface area contributed by atoms with Gasteiger partial charge >= 0.3 is 5.97 Å². The Morgan fingerprint density at radius 3 is 2.82 bits per heavy atom. The zero-order valence-corrected chi connectivity index (χ0v) is 10.2. The van der Waals surface area contributed by atoms with E-state index in [4.69, 9.17) is 5.11 Å². The van der Waals surface area contributed by atoms with Gasteiger partial charge in [0.05, 0.1) is 5.92 Å². The molecule has 94 valence electrons. The molecular weight excluding hydrogens is 221 g/mol. The van der Waals surface area contributed by atoms with Crippen molar-refractivity contribution in [2.75, 3.05) is 13.1 Å². The van der Waals surface area contributed by atoms with E-state index >= 15 is 0 Å². The van der Waals surface area contributed by atoms with Crippen molar-refractivity contribution in [2.24, 2.45) is 5.92 Å². The van der Waals surface area contributed by atoms with Crippen molar-refractivity contribution in [3.8, 4) is 0 Å². The number of rotatable bonds is 6. The van der Waals surface area contributed by atoms with Crippen LogP contribution in [0.25, 0.3) is 0 Å². The molecule has 1 unspecified atom stereocenters. The lowest BCUT2D eigenvalue weighted by Crippen LogP contribution is -2.27. The molecule has 0 amide bonds. The third kappa shape index (κ3) is 4.53. The molecule has 0 saturated heterocycles. The van der Waals surface area contributed by atoms with Crippen LogP contribution >= 0.6 is 0 Å². The minimum absolute atomic E-state index is 0.193. The van der Waals surface area contributed by atoms with Gasteiger partial charge in [0, 0.05) is 6.54 Å². The number of halogens is 1. The first-order valence-electron chi connectivity index (χ1n) is 5.69. The molecule has 0 spiro atoms. The lowest BCUT2D eigenvalue weighted by atomic mass is 10.1. The highest BCUT2D eigenvalue weighted by molar-refractivity contribution is 5.69. The van der Waals surface area contributed by atoms with Gasteiger partial charge in [0.15, 0.2) is 0 Å². The predicted molar refractivity (Wildman–Crippen MR) is 64.5 cm³/mol. The van der Waals surface area contributed by atoms with Gasteiger partial charge < -0.3 is 10.4 Å². The second-order valence-electron chi connectivity index (χ2n) is 4.28. The monoisotopic (exact) mass is 239 g/mol. The first kappa shape index (κ1) is 13.6. The average molecular weight is 239 g/mol. The summed E-state index contributed by atoms with van der Waals surface area (Å²) in [6, 6.07) is 5.03. The van der Waals surface area contributed by atoms with Gasteiger partial charge in [-0.3, -0.25) is 4.79 Å². The number of aryl methyl sites for hydroxylation is 1. The fourth-order valence-electron chi connectivity index (χ4n) is 1.50. The number of aliphatic carboxylic acids is 1. The number of benzene rings is 1. The molecule has 0 aliphatic carbocycles. The van der Waals surface area contributed by atoms with Crippen molar-refractivity contribution >= 4 is 5.97 Å². The van der Waals surface area contributed by atoms with Crippen LogP contribution in [0.5, 0.6) is 0 Å². The molecule has 0 aromatic heterocycles. The van der Waals surface area contributed by atoms with Crippen LogP contribution in [-0.4, -0.2) is 24.2 Å². The molecule has 3 nitrogen and oxygen atoms in total. The highest BCUT2D eigenvalue weighted by Crippen LogP contribution is 2.09. The summed E-state index contributed by atoms with van der Waals surface area (Å²) in [4.78, 5) is 10.6. The van der Waals surface area contributed by atoms with Crippen LogP contribution in [-0.2, 0) is 11.2 Å². The molecule has 1 atom stereocenters. The first-order chi connectivity index (χ1) is 8.00. The maximum atomic E-state index is 13.0. The van der Waals surface area contributed by atoms with Crippen LogP contribution in [0.4, 0.5) is 4.39 Å². The van der Waals surface area contributed by atoms with Crippen molar-refractivity contribution < 1.29 is 14.3 Å². The summed E-state index contributed by atoms with van der Waals surface area (Å²) >= 11 is 0. The minimum Gasteiger partial charge on any atom is -0.481 e. The second kappa shape index (κ2) is 6.35. The van der Waals surface area contributed by atoms with Gasteiger partial charge in [-0.1, -0.05) is 19.1 Å². The van der Waals surface area contributed by atoms with Crippen molar-refractivity contribution in [1.29, 1.82) is 0 Å². The van der Waals surface area contributed by atoms with Crippen LogP contribution < -0.4 is 5.32 Å². The molecule has 0 bridgehead atoms. The lowest BCUT2D eigenvalue weighted by Gasteiger charge is -2.08. The zero-order chi connectivity index (χ0) is 12.8. The molecule has 1 aromatic rings. The topological polar surface area (TPSA) is 49.3 Å². The maximum Gasteiger partial charge on any atom is 0.307 e. The molecule has 0 aliphatic heterocycles. The van der Waals surface area contributed by atoms with E-state index in [0.29, 0.717) is 18.7 Å². The normalized spacial score (nSPS) is 12.4. The van der Waals surface area contributed by atoms with E-state index in [-0.39, 0.29) is 11.7 Å². The fraction of sp³-hybridized carbons (Fsp3) is 0.462. The highest BCUT2D eigenvalue weighted by Gasteiger charge is 2.09. The highest BCUT2D eigenvalue weighted by atomic mass is 19.1. The number of hydrogen-bond donors (Lipinski definition) is 2. The second-order valence-corrected chi connectivity index (χ2v) is 4.28. The van der Waals surface area contributed by atoms with Gasteiger partial charge in [-0.25, -0.2) is 4.39 Å². The molecule has 0 fully saturated rings. The van der Waals surface area contributed by atoms with Crippen LogP contribution in [0.15, 0.2) is 18.2 Å². The van der Waals surface area contributed by atoms with E-state index in [0.717, 1.165) is 12.0 Å². The molecule has 17 heavy (non-hydrogen) atoms. The number of nitrogens with one attached hydrogen (secondary N) is 1. The maximum absolute atomic E-state index is 13.0. The van der Waals surface area contributed by atoms with Gasteiger partial charge in [-0.2, -0.15) is 0 Å². The molecule has 0 heterocycles. The van der Waals surface area contributed by atoms with Crippen LogP contribution in [0.3, 0.4) is 0 Å². The van der Waals surface area contributed by atoms with E-state index in [1.54, 1.807) is 19.9 Å². The molecule has 0 aliphatic rings. The summed E-state index contributed by atoms with van der Waals surface area (Å²) in [5, 5.41) is 11.8. The Bertz CT molecular complexity index is 393. The SMILES string of the molecule is Cc1cc(CCNCC(C)C(=O)O)ccc1F. The summed E-state index contributed by atoms with van der Waals surface area (Å²) in [7, 11) is 0. The summed E-state index contributed by atoms with van der Waals surface area (Å²) in [6.07, 6.45) is 0.771. The number of carbonyl (C=O) groups is 1. The third-order valence-corrected chi connectivity index (χ3v) is 2.68. The molecule has 0 radical (unpaired) electrons. The smallest absolute Gasteiger partial charge is 0.307 e. The number of carboxylic acids is 1. The Morgan fingerprint density at radius 1 is 1.53 bits per heavy atom. The van der Waals surface area contributed by atoms with Gasteiger partial charge in [0.25, 0.3) is 0 Å². The van der Waals surface area contributed by atoms with E-state index in [1.807, 2.05) is 6.07 Å². The largest absolute Gasteiger partial charge is 0.481 e. The Labute approximate surface area is 101 Å². The van der Waals surface area contributed by atoms with Crippen LogP contribution in [0, 0.1) is 18.7 Å². The molecule has 1 rings (SSSR count). The molecule has 4 heteroatoms. The van der Waals surface area contributed by atoms with E-state index in [9.17, 15) is 9.18 Å². The molecule has 2 N–H and O–H groups in total. The van der Waals surface area contributed by atoms with Gasteiger partial charge in [-0.05, 0) is 37.1 Å². The third-order valence-electron chi connectivity index (χ3n) is 2.68. The molecule has 1 aromatic carbocycles. The minimum atomic E-state index is -0.796. The Balaban J connectivity index is 2.31. The van der Waals surface area contributed by atoms with E-state index in [2.05, 4.69) is 5.32 Å². The summed E-state index contributed by atoms with van der Waals surface area (Å²) < 4.78 is 13.0. The van der Waals surface area contributed by atoms with Crippen molar-refractivity contribution in [3.05, 3.63) is 35.1 Å². The van der Waals surface area contributed by atoms with Crippen LogP contribution in [0.1, 0.15) is 18.1 Å². The standard InChI is InChI=1S/C13H18FNO2/c1-9-7-11(3-4-12(9)14)5-6-15-8-10(2)13(16)17/h3-4,7,10,15H,5-6,8H2,1-2H3,(H,16,17). The zero-order valence-electron chi connectivity index (χ0n) is 10.2. The predicted octanol–water partition coefficient (Wildman–Crippen LogP) is 1.99. The van der Waals surface area contributed by atoms with Gasteiger partial charge in [0.2, 0.25) is 0 Å². The summed E-state index contributed by atoms with van der Waals surface area (Å²) in [6.45, 7) is 4.55. The average Bonchev–Trinajstić information content (AvgIpc) is 2.28. The van der Waals surface area contributed by atoms with Crippen LogP contribution in [0.2, 0.25) is 0 Å². The number of carboxylic acid groups (broad SMARTS) is 1. The molecular formula is C13H18FNO2. The van der Waals surface area contributed by atoms with Crippen molar-refractivity contribution in [1.82, 2.24) is 5.32 Å². The Kier molecular flexibility index (Phi) is 5.10. The molecule has 0 saturated carbocycles. The quantitative estimate of drug-likeness (QED) is 0.746. The summed E-state index contributed by atoms with van der Waals surface area (Å²) in [5.74, 6) is -1.37. The Hall–Kier alpha value is -1.42. The van der Waals surface area contributed by atoms with Crippen molar-refractivity contribution in [3.63, 3.8) is 0 Å². The van der Waals surface area contributed by atoms with E-state index < -0.39 is 5.97 Å². The van der Waals surface area contributed by atoms with Gasteiger partial charge in [0.1, 0.15) is 5.82 Å². The van der Waals surface area contributed by atoms with E-state index in [1.165, 1.54) is 6.07 Å². The first-order valence-corrected chi connectivity index (χ1v) is 5.69. The fourth-order valence-corrected chi connectivity index (χ4v) is 1.50. The summed E-state index contributed by atoms with van der Waals surface area (Å²) in [5.41, 5.74) is 1.70. The lowest BCUT2D eigenvalue weighted by molar-refractivity contribution is -0.140. The van der Waals surface area contributed by atoms with Gasteiger partial charge in [-0.15, -0.1) is 0 Å².